The molecule has 0 aliphatic carbocycles. The molecular formula is C42H40MgN10O10. The molecule has 0 aliphatic heterocycles. The molecule has 0 radical (unpaired) electrons. The molecule has 0 bridgehead atoms. The van der Waals surface area contributed by atoms with Gasteiger partial charge in [-0.3, -0.25) is 18.7 Å². The monoisotopic (exact) mass is 868 g/mol. The molecule has 20 nitrogen and oxygen atoms in total. The minimum Gasteiger partial charge on any atom is -0.547 e. The van der Waals surface area contributed by atoms with Crippen LogP contribution in [0.4, 0.5) is 11.9 Å². The van der Waals surface area contributed by atoms with Gasteiger partial charge in [-0.1, -0.05) is 48.5 Å². The van der Waals surface area contributed by atoms with Crippen LogP contribution in [0, 0.1) is 0 Å². The van der Waals surface area contributed by atoms with Gasteiger partial charge in [-0.2, -0.15) is 0 Å². The fourth-order valence-electron chi connectivity index (χ4n) is 6.15. The zero-order valence-corrected chi connectivity index (χ0v) is 35.7. The second-order valence-corrected chi connectivity index (χ2v) is 13.1. The molecule has 2 atom stereocenters. The molecule has 6 rings (SSSR count). The summed E-state index contributed by atoms with van der Waals surface area (Å²) in [6.45, 7) is 4.52. The van der Waals surface area contributed by atoms with Crippen molar-refractivity contribution < 1.29 is 38.7 Å². The number of aromatic nitrogens is 4. The first-order valence-electron chi connectivity index (χ1n) is 19.2. The van der Waals surface area contributed by atoms with E-state index in [0.717, 1.165) is 11.1 Å². The van der Waals surface area contributed by atoms with E-state index in [2.05, 4.69) is 30.0 Å². The Morgan fingerprint density at radius 2 is 1.00 bits per heavy atom. The maximum Gasteiger partial charge on any atom is 2.00 e. The van der Waals surface area contributed by atoms with Gasteiger partial charge >= 0.3 is 23.1 Å². The molecule has 6 aromatic rings. The average molecular weight is 869 g/mol. The van der Waals surface area contributed by atoms with E-state index < -0.39 is 24.1 Å². The maximum atomic E-state index is 12.7. The number of rotatable bonds is 20. The van der Waals surface area contributed by atoms with Gasteiger partial charge in [-0.15, -0.1) is 0 Å². The molecule has 21 heteroatoms. The van der Waals surface area contributed by atoms with Gasteiger partial charge in [-0.25, -0.2) is 9.97 Å². The van der Waals surface area contributed by atoms with Gasteiger partial charge in [0.15, 0.2) is 11.9 Å². The van der Waals surface area contributed by atoms with E-state index in [-0.39, 0.29) is 98.4 Å². The number of hydrogen-bond acceptors (Lipinski definition) is 14. The Labute approximate surface area is 375 Å². The van der Waals surface area contributed by atoms with Gasteiger partial charge in [-0.05, 0) is 94.8 Å². The summed E-state index contributed by atoms with van der Waals surface area (Å²) in [4.78, 5) is 61.6. The Morgan fingerprint density at radius 1 is 0.635 bits per heavy atom. The Hall–Kier alpha value is -6.99. The molecule has 0 aliphatic rings. The molecule has 2 unspecified atom stereocenters. The summed E-state index contributed by atoms with van der Waals surface area (Å²) in [5.41, 5.74) is 19.3. The van der Waals surface area contributed by atoms with Gasteiger partial charge in [0.1, 0.15) is 36.9 Å². The van der Waals surface area contributed by atoms with Gasteiger partial charge in [0.2, 0.25) is 0 Å². The summed E-state index contributed by atoms with van der Waals surface area (Å²) in [6.07, 6.45) is -1.65. The van der Waals surface area contributed by atoms with E-state index in [1.165, 1.54) is 9.13 Å². The molecular weight excluding hydrogens is 829 g/mol. The van der Waals surface area contributed by atoms with Crippen LogP contribution in [0.3, 0.4) is 0 Å². The zero-order chi connectivity index (χ0) is 44.4. The molecule has 4 aromatic carbocycles. The summed E-state index contributed by atoms with van der Waals surface area (Å²) in [5.74, 6) is -1.50. The Balaban J connectivity index is 0.000000272. The van der Waals surface area contributed by atoms with Gasteiger partial charge in [0, 0.05) is 35.9 Å². The third-order valence-corrected chi connectivity index (χ3v) is 9.07. The molecule has 2 heterocycles. The summed E-state index contributed by atoms with van der Waals surface area (Å²) in [5, 5.41) is 30.1. The first kappa shape index (κ1) is 48.7. The van der Waals surface area contributed by atoms with E-state index in [4.69, 9.17) is 30.0 Å². The molecule has 2 aromatic heterocycles. The fraction of sp³-hybridized carbons (Fsp3) is 0.286. The number of para-hydroxylation sites is 2. The number of aliphatic carboxylic acids is 2. The van der Waals surface area contributed by atoms with E-state index >= 15 is 0 Å². The number of carboxylic acid groups (broad SMARTS) is 2. The number of fused-ring (bicyclic) bond motifs is 2. The van der Waals surface area contributed by atoms with Crippen LogP contribution in [0.1, 0.15) is 25.0 Å². The molecule has 63 heavy (non-hydrogen) atoms. The van der Waals surface area contributed by atoms with Crippen molar-refractivity contribution in [3.05, 3.63) is 150 Å². The third-order valence-electron chi connectivity index (χ3n) is 9.07. The number of benzene rings is 4. The van der Waals surface area contributed by atoms with Crippen molar-refractivity contribution in [1.82, 2.24) is 19.1 Å². The topological polar surface area (TPSA) is 284 Å². The van der Waals surface area contributed by atoms with Crippen molar-refractivity contribution >= 4 is 68.7 Å². The maximum absolute atomic E-state index is 12.7. The van der Waals surface area contributed by atoms with Crippen LogP contribution in [-0.2, 0) is 45.0 Å². The SMILES string of the molecule is CCOC(Cc1ccc(OCCn2c(N=[N+]=[N-])nc3ccccc3c2=O)cc1)C(=O)[O-].CCOC(Cc1ccc(OCCn2c(N=[N+]=[N-])nc3ccccc3c2=O)cc1)C(=O)[O-].[Mg+2]. The molecule has 0 saturated carbocycles. The number of ether oxygens (including phenoxy) is 4. The summed E-state index contributed by atoms with van der Waals surface area (Å²) >= 11 is 0. The van der Waals surface area contributed by atoms with E-state index in [1.807, 2.05) is 0 Å². The average Bonchev–Trinajstić information content (AvgIpc) is 3.27. The molecule has 320 valence electrons. The number of carboxylic acids is 2. The van der Waals surface area contributed by atoms with Crippen molar-refractivity contribution in [2.45, 2.75) is 52.0 Å². The van der Waals surface area contributed by atoms with Crippen LogP contribution in [-0.4, -0.2) is 92.7 Å². The van der Waals surface area contributed by atoms with Crippen molar-refractivity contribution in [1.29, 1.82) is 0 Å². The van der Waals surface area contributed by atoms with E-state index in [9.17, 15) is 29.4 Å². The minimum atomic E-state index is -1.26. The normalized spacial score (nSPS) is 11.5. The first-order valence-corrected chi connectivity index (χ1v) is 19.2. The van der Waals surface area contributed by atoms with E-state index in [0.29, 0.717) is 33.3 Å². The fourth-order valence-corrected chi connectivity index (χ4v) is 6.15. The molecule has 0 spiro atoms. The summed E-state index contributed by atoms with van der Waals surface area (Å²) in [7, 11) is 0. The second-order valence-electron chi connectivity index (χ2n) is 13.1. The zero-order valence-electron chi connectivity index (χ0n) is 34.3. The molecule has 0 saturated heterocycles. The van der Waals surface area contributed by atoms with Gasteiger partial charge in [0.05, 0.1) is 46.8 Å². The number of hydrogen-bond donors (Lipinski definition) is 0. The van der Waals surface area contributed by atoms with Crippen LogP contribution in [0.15, 0.2) is 117 Å². The Bertz CT molecular complexity index is 2530. The number of azide groups is 2. The predicted octanol–water partition coefficient (Wildman–Crippen LogP) is 3.85. The van der Waals surface area contributed by atoms with Crippen molar-refractivity contribution in [3.63, 3.8) is 0 Å². The number of nitrogens with zero attached hydrogens (tertiary/aromatic N) is 10. The minimum absolute atomic E-state index is 0. The summed E-state index contributed by atoms with van der Waals surface area (Å²) in [6, 6.07) is 27.3. The second kappa shape index (κ2) is 24.4. The van der Waals surface area contributed by atoms with Crippen molar-refractivity contribution in [2.75, 3.05) is 26.4 Å². The molecule has 0 fully saturated rings. The van der Waals surface area contributed by atoms with Gasteiger partial charge in [0.25, 0.3) is 11.1 Å². The smallest absolute Gasteiger partial charge is 0.547 e. The largest absolute Gasteiger partial charge is 2.00 e. The third kappa shape index (κ3) is 13.5. The Morgan fingerprint density at radius 3 is 1.33 bits per heavy atom. The summed E-state index contributed by atoms with van der Waals surface area (Å²) < 4.78 is 24.2. The first-order chi connectivity index (χ1) is 30.1. The van der Waals surface area contributed by atoms with Crippen LogP contribution in [0.2, 0.25) is 0 Å². The predicted molar refractivity (Wildman–Crippen MR) is 227 cm³/mol. The number of carbonyl (C=O) groups is 2. The molecule has 0 amide bonds. The van der Waals surface area contributed by atoms with Crippen LogP contribution < -0.4 is 30.8 Å². The van der Waals surface area contributed by atoms with Gasteiger partial charge < -0.3 is 38.7 Å². The standard InChI is InChI=1S/2C21H21N5O5.Mg/c2*1-2-30-18(20(28)29)13-14-7-9-15(10-8-14)31-12-11-26-19(27)16-5-3-4-6-17(16)23-21(26)24-25-22;/h2*3-10,18H,2,11-13H2,1H3,(H,28,29);/q;;+2/p-2. The van der Waals surface area contributed by atoms with Crippen molar-refractivity contribution in [3.8, 4) is 11.5 Å². The van der Waals surface area contributed by atoms with Crippen LogP contribution >= 0.6 is 0 Å². The van der Waals surface area contributed by atoms with Crippen LogP contribution in [0.5, 0.6) is 11.5 Å². The Kier molecular flexibility index (Phi) is 18.9. The quantitative estimate of drug-likeness (QED) is 0.0458. The van der Waals surface area contributed by atoms with Crippen molar-refractivity contribution in [2.24, 2.45) is 10.2 Å². The van der Waals surface area contributed by atoms with Crippen LogP contribution in [0.25, 0.3) is 42.7 Å². The molecule has 0 N–H and O–H groups in total. The number of carbonyl (C=O) groups excluding carboxylic acids is 2. The van der Waals surface area contributed by atoms with E-state index in [1.54, 1.807) is 111 Å².